The average Bonchev–Trinajstić information content (AvgIpc) is 3.63. The first-order chi connectivity index (χ1) is 15.6. The molecule has 0 radical (unpaired) electrons. The fraction of sp³-hybridized carbons (Fsp3) is 0.625. The molecule has 1 saturated heterocycles. The first kappa shape index (κ1) is 24.2. The number of carboxylic acid groups (broad SMARTS) is 1. The third-order valence-corrected chi connectivity index (χ3v) is 6.63. The van der Waals surface area contributed by atoms with Crippen molar-refractivity contribution >= 4 is 18.3 Å². The fourth-order valence-corrected chi connectivity index (χ4v) is 4.67. The van der Waals surface area contributed by atoms with Crippen molar-refractivity contribution in [2.75, 3.05) is 39.4 Å². The summed E-state index contributed by atoms with van der Waals surface area (Å²) in [5, 5.41) is 13.2. The molecule has 4 rings (SSSR count). The molecule has 0 aromatic heterocycles. The molecule has 0 spiro atoms. The first-order valence-corrected chi connectivity index (χ1v) is 11.6. The van der Waals surface area contributed by atoms with Crippen LogP contribution in [0.3, 0.4) is 0 Å². The van der Waals surface area contributed by atoms with E-state index in [4.69, 9.17) is 14.6 Å². The molecule has 2 aliphatic carbocycles. The van der Waals surface area contributed by atoms with Crippen molar-refractivity contribution in [3.8, 4) is 0 Å². The van der Waals surface area contributed by atoms with Gasteiger partial charge in [-0.25, -0.2) is 0 Å². The molecule has 3 N–H and O–H groups in total. The van der Waals surface area contributed by atoms with Gasteiger partial charge in [0, 0.05) is 44.1 Å². The van der Waals surface area contributed by atoms with Gasteiger partial charge in [0.2, 0.25) is 11.8 Å². The Labute approximate surface area is 189 Å². The van der Waals surface area contributed by atoms with Gasteiger partial charge in [0.1, 0.15) is 0 Å². The molecule has 1 aromatic carbocycles. The minimum Gasteiger partial charge on any atom is -0.483 e. The molecule has 3 aliphatic rings. The van der Waals surface area contributed by atoms with Crippen LogP contribution in [0.5, 0.6) is 0 Å². The molecule has 3 fully saturated rings. The molecule has 176 valence electrons. The van der Waals surface area contributed by atoms with E-state index in [1.165, 1.54) is 5.56 Å². The molecule has 1 aliphatic heterocycles. The maximum absolute atomic E-state index is 12.6. The highest BCUT2D eigenvalue weighted by Gasteiger charge is 2.44. The molecule has 1 heterocycles. The predicted octanol–water partition coefficient (Wildman–Crippen LogP) is 1.61. The highest BCUT2D eigenvalue weighted by Crippen LogP contribution is 2.47. The third kappa shape index (κ3) is 7.31. The highest BCUT2D eigenvalue weighted by atomic mass is 16.5. The molecule has 32 heavy (non-hydrogen) atoms. The van der Waals surface area contributed by atoms with Gasteiger partial charge in [0.05, 0.1) is 13.2 Å². The summed E-state index contributed by atoms with van der Waals surface area (Å²) >= 11 is 0. The molecule has 8 nitrogen and oxygen atoms in total. The SMILES string of the molecule is O=C(NCCN1CCOCC1)C1CCC(NC(=O)[C@@H]2C[C@H]2c2ccccc2)CC1.O=CO. The van der Waals surface area contributed by atoms with Crippen LogP contribution in [0.15, 0.2) is 30.3 Å². The predicted molar refractivity (Wildman–Crippen MR) is 120 cm³/mol. The number of nitrogens with zero attached hydrogens (tertiary/aromatic N) is 1. The molecule has 0 bridgehead atoms. The number of hydrogen-bond acceptors (Lipinski definition) is 5. The number of benzene rings is 1. The van der Waals surface area contributed by atoms with Crippen LogP contribution in [0, 0.1) is 11.8 Å². The van der Waals surface area contributed by atoms with Crippen molar-refractivity contribution in [3.05, 3.63) is 35.9 Å². The van der Waals surface area contributed by atoms with E-state index in [2.05, 4.69) is 27.7 Å². The van der Waals surface area contributed by atoms with Gasteiger partial charge in [0.25, 0.3) is 6.47 Å². The van der Waals surface area contributed by atoms with E-state index < -0.39 is 0 Å². The van der Waals surface area contributed by atoms with Crippen molar-refractivity contribution < 1.29 is 24.2 Å². The number of ether oxygens (including phenoxy) is 1. The molecule has 2 saturated carbocycles. The van der Waals surface area contributed by atoms with E-state index in [1.807, 2.05) is 18.2 Å². The number of carbonyl (C=O) groups excluding carboxylic acids is 2. The zero-order valence-electron chi connectivity index (χ0n) is 18.6. The van der Waals surface area contributed by atoms with Gasteiger partial charge >= 0.3 is 0 Å². The maximum atomic E-state index is 12.6. The maximum Gasteiger partial charge on any atom is 0.290 e. The van der Waals surface area contributed by atoms with E-state index >= 15 is 0 Å². The van der Waals surface area contributed by atoms with Crippen molar-refractivity contribution in [2.45, 2.75) is 44.1 Å². The smallest absolute Gasteiger partial charge is 0.290 e. The van der Waals surface area contributed by atoms with Crippen LogP contribution in [0.2, 0.25) is 0 Å². The number of morpholine rings is 1. The zero-order chi connectivity index (χ0) is 22.8. The van der Waals surface area contributed by atoms with Gasteiger partial charge in [-0.2, -0.15) is 0 Å². The van der Waals surface area contributed by atoms with Crippen molar-refractivity contribution in [1.29, 1.82) is 0 Å². The number of amides is 2. The standard InChI is InChI=1S/C23H33N3O3.CH2O2/c27-22(24-10-11-26-12-14-29-15-13-26)18-6-8-19(9-7-18)25-23(28)21-16-20(21)17-4-2-1-3-5-17;2-1-3/h1-5,18-21H,6-16H2,(H,24,27)(H,25,28);1H,(H,2,3)/t18?,19?,20-,21+;/m0./s1. The van der Waals surface area contributed by atoms with Crippen LogP contribution in [0.1, 0.15) is 43.6 Å². The summed E-state index contributed by atoms with van der Waals surface area (Å²) in [4.78, 5) is 35.7. The summed E-state index contributed by atoms with van der Waals surface area (Å²) in [6, 6.07) is 10.5. The first-order valence-electron chi connectivity index (χ1n) is 11.6. The van der Waals surface area contributed by atoms with Gasteiger partial charge in [-0.05, 0) is 43.6 Å². The molecule has 2 amide bonds. The van der Waals surface area contributed by atoms with Crippen LogP contribution in [-0.2, 0) is 19.1 Å². The summed E-state index contributed by atoms with van der Waals surface area (Å²) in [7, 11) is 0. The Hall–Kier alpha value is -2.45. The van der Waals surface area contributed by atoms with E-state index in [0.29, 0.717) is 12.5 Å². The Bertz CT molecular complexity index is 730. The minimum absolute atomic E-state index is 0.0887. The van der Waals surface area contributed by atoms with Gasteiger partial charge < -0.3 is 20.5 Å². The minimum atomic E-state index is -0.250. The average molecular weight is 446 g/mol. The number of hydrogen-bond donors (Lipinski definition) is 3. The Kier molecular flexibility index (Phi) is 9.49. The number of carbonyl (C=O) groups is 3. The topological polar surface area (TPSA) is 108 Å². The van der Waals surface area contributed by atoms with Crippen LogP contribution < -0.4 is 10.6 Å². The van der Waals surface area contributed by atoms with E-state index in [-0.39, 0.29) is 36.2 Å². The normalized spacial score (nSPS) is 27.4. The summed E-state index contributed by atoms with van der Waals surface area (Å²) in [6.45, 7) is 4.83. The van der Waals surface area contributed by atoms with E-state index in [1.54, 1.807) is 0 Å². The lowest BCUT2D eigenvalue weighted by molar-refractivity contribution is -0.126. The van der Waals surface area contributed by atoms with Crippen LogP contribution in [0.4, 0.5) is 0 Å². The van der Waals surface area contributed by atoms with Gasteiger partial charge in [-0.3, -0.25) is 19.3 Å². The zero-order valence-corrected chi connectivity index (χ0v) is 18.6. The number of rotatable bonds is 7. The van der Waals surface area contributed by atoms with Crippen LogP contribution in [-0.4, -0.2) is 73.7 Å². The lowest BCUT2D eigenvalue weighted by Crippen LogP contribution is -2.44. The Balaban J connectivity index is 0.000000913. The molecule has 1 aromatic rings. The van der Waals surface area contributed by atoms with Crippen LogP contribution in [0.25, 0.3) is 0 Å². The molecule has 8 heteroatoms. The Morgan fingerprint density at radius 2 is 1.72 bits per heavy atom. The Morgan fingerprint density at radius 3 is 2.38 bits per heavy atom. The highest BCUT2D eigenvalue weighted by molar-refractivity contribution is 5.83. The summed E-state index contributed by atoms with van der Waals surface area (Å²) < 4.78 is 5.35. The van der Waals surface area contributed by atoms with Crippen LogP contribution >= 0.6 is 0 Å². The quantitative estimate of drug-likeness (QED) is 0.551. The van der Waals surface area contributed by atoms with E-state index in [9.17, 15) is 9.59 Å². The van der Waals surface area contributed by atoms with Gasteiger partial charge in [0.15, 0.2) is 0 Å². The van der Waals surface area contributed by atoms with Gasteiger partial charge in [-0.15, -0.1) is 0 Å². The second-order valence-electron chi connectivity index (χ2n) is 8.77. The lowest BCUT2D eigenvalue weighted by atomic mass is 9.85. The van der Waals surface area contributed by atoms with Crippen molar-refractivity contribution in [1.82, 2.24) is 15.5 Å². The fourth-order valence-electron chi connectivity index (χ4n) is 4.67. The molecule has 0 unspecified atom stereocenters. The van der Waals surface area contributed by atoms with Gasteiger partial charge in [-0.1, -0.05) is 30.3 Å². The van der Waals surface area contributed by atoms with E-state index in [0.717, 1.165) is 65.0 Å². The lowest BCUT2D eigenvalue weighted by Gasteiger charge is -2.29. The second kappa shape index (κ2) is 12.6. The molecular weight excluding hydrogens is 410 g/mol. The summed E-state index contributed by atoms with van der Waals surface area (Å²) in [6.07, 6.45) is 4.48. The Morgan fingerprint density at radius 1 is 1.06 bits per heavy atom. The van der Waals surface area contributed by atoms with Crippen molar-refractivity contribution in [3.63, 3.8) is 0 Å². The summed E-state index contributed by atoms with van der Waals surface area (Å²) in [5.41, 5.74) is 1.27. The largest absolute Gasteiger partial charge is 0.483 e. The third-order valence-electron chi connectivity index (χ3n) is 6.63. The summed E-state index contributed by atoms with van der Waals surface area (Å²) in [5.74, 6) is 0.959. The van der Waals surface area contributed by atoms with Crippen molar-refractivity contribution in [2.24, 2.45) is 11.8 Å². The molecule has 2 atom stereocenters. The molecular formula is C24H35N3O5. The number of nitrogens with one attached hydrogen (secondary N) is 2. The monoisotopic (exact) mass is 445 g/mol. The second-order valence-corrected chi connectivity index (χ2v) is 8.77.